The van der Waals surface area contributed by atoms with Crippen LogP contribution in [-0.2, 0) is 12.8 Å². The Labute approximate surface area is 154 Å². The van der Waals surface area contributed by atoms with Gasteiger partial charge in [-0.15, -0.1) is 0 Å². The maximum atomic E-state index is 4.62. The first-order chi connectivity index (χ1) is 12.7. The molecule has 0 saturated carbocycles. The largest absolute Gasteiger partial charge is 0.256 e. The zero-order chi connectivity index (χ0) is 18.1. The van der Waals surface area contributed by atoms with Crippen molar-refractivity contribution in [3.63, 3.8) is 0 Å². The van der Waals surface area contributed by atoms with Crippen LogP contribution in [0.1, 0.15) is 42.0 Å². The molecule has 0 radical (unpaired) electrons. The zero-order valence-electron chi connectivity index (χ0n) is 15.7. The van der Waals surface area contributed by atoms with Crippen molar-refractivity contribution in [2.45, 2.75) is 39.5 Å². The monoisotopic (exact) mass is 340 g/mol. The van der Waals surface area contributed by atoms with Crippen LogP contribution in [0.25, 0.3) is 21.8 Å². The summed E-state index contributed by atoms with van der Waals surface area (Å²) in [6, 6.07) is 17.5. The number of aromatic nitrogens is 2. The van der Waals surface area contributed by atoms with Crippen molar-refractivity contribution in [3.05, 3.63) is 83.2 Å². The third-order valence-corrected chi connectivity index (χ3v) is 5.32. The first-order valence-electron chi connectivity index (χ1n) is 9.37. The minimum absolute atomic E-state index is 0.445. The fourth-order valence-corrected chi connectivity index (χ4v) is 3.78. The number of fused-ring (bicyclic) bond motifs is 2. The SMILES string of the molecule is CCc1cc(CC(C)c2ccc3cccnc3c2)cc2c(C)ccnc12. The quantitative estimate of drug-likeness (QED) is 0.455. The van der Waals surface area contributed by atoms with E-state index in [0.29, 0.717) is 5.92 Å². The summed E-state index contributed by atoms with van der Waals surface area (Å²) in [7, 11) is 0. The molecule has 26 heavy (non-hydrogen) atoms. The molecule has 0 aliphatic heterocycles. The normalized spacial score (nSPS) is 12.6. The molecule has 0 amide bonds. The van der Waals surface area contributed by atoms with E-state index in [-0.39, 0.29) is 0 Å². The van der Waals surface area contributed by atoms with Gasteiger partial charge in [0.1, 0.15) is 0 Å². The number of hydrogen-bond acceptors (Lipinski definition) is 2. The van der Waals surface area contributed by atoms with Gasteiger partial charge < -0.3 is 0 Å². The summed E-state index contributed by atoms with van der Waals surface area (Å²) >= 11 is 0. The van der Waals surface area contributed by atoms with Gasteiger partial charge in [0.2, 0.25) is 0 Å². The second-order valence-electron chi connectivity index (χ2n) is 7.19. The van der Waals surface area contributed by atoms with E-state index in [2.05, 4.69) is 73.2 Å². The molecule has 130 valence electrons. The molecule has 2 aromatic carbocycles. The molecule has 4 rings (SSSR count). The van der Waals surface area contributed by atoms with Crippen LogP contribution in [0.5, 0.6) is 0 Å². The Morgan fingerprint density at radius 1 is 0.962 bits per heavy atom. The molecular formula is C24H24N2. The van der Waals surface area contributed by atoms with Gasteiger partial charge in [-0.3, -0.25) is 9.97 Å². The van der Waals surface area contributed by atoms with Crippen LogP contribution in [0.2, 0.25) is 0 Å². The smallest absolute Gasteiger partial charge is 0.0736 e. The molecule has 0 saturated heterocycles. The van der Waals surface area contributed by atoms with Gasteiger partial charge in [0.15, 0.2) is 0 Å². The second-order valence-corrected chi connectivity index (χ2v) is 7.19. The molecule has 0 aliphatic rings. The molecule has 0 bridgehead atoms. The minimum atomic E-state index is 0.445. The zero-order valence-corrected chi connectivity index (χ0v) is 15.7. The van der Waals surface area contributed by atoms with Crippen LogP contribution in [0.3, 0.4) is 0 Å². The summed E-state index contributed by atoms with van der Waals surface area (Å²) in [6.07, 6.45) is 5.81. The van der Waals surface area contributed by atoms with Crippen LogP contribution in [-0.4, -0.2) is 9.97 Å². The molecule has 1 atom stereocenters. The van der Waals surface area contributed by atoms with Gasteiger partial charge in [-0.1, -0.05) is 38.1 Å². The standard InChI is InChI=1S/C24H24N2/c1-4-19-13-18(14-22-16(2)9-11-26-24(19)22)12-17(3)21-8-7-20-6-5-10-25-23(20)15-21/h5-11,13-15,17H,4,12H2,1-3H3. The summed E-state index contributed by atoms with van der Waals surface area (Å²) < 4.78 is 0. The first kappa shape index (κ1) is 16.7. The van der Waals surface area contributed by atoms with Crippen LogP contribution < -0.4 is 0 Å². The summed E-state index contributed by atoms with van der Waals surface area (Å²) in [6.45, 7) is 6.68. The van der Waals surface area contributed by atoms with Crippen molar-refractivity contribution in [1.82, 2.24) is 9.97 Å². The number of hydrogen-bond donors (Lipinski definition) is 0. The van der Waals surface area contributed by atoms with Crippen molar-refractivity contribution in [3.8, 4) is 0 Å². The summed E-state index contributed by atoms with van der Waals surface area (Å²) in [5.41, 5.74) is 7.60. The van der Waals surface area contributed by atoms with Crippen LogP contribution >= 0.6 is 0 Å². The molecule has 2 heterocycles. The highest BCUT2D eigenvalue weighted by atomic mass is 14.7. The summed E-state index contributed by atoms with van der Waals surface area (Å²) in [5, 5.41) is 2.48. The predicted octanol–water partition coefficient (Wildman–Crippen LogP) is 6.00. The number of rotatable bonds is 4. The van der Waals surface area contributed by atoms with Gasteiger partial charge in [-0.05, 0) is 72.2 Å². The Morgan fingerprint density at radius 2 is 1.85 bits per heavy atom. The molecule has 2 heteroatoms. The van der Waals surface area contributed by atoms with E-state index in [9.17, 15) is 0 Å². The van der Waals surface area contributed by atoms with Crippen LogP contribution in [0.15, 0.2) is 60.9 Å². The molecule has 1 unspecified atom stereocenters. The van der Waals surface area contributed by atoms with Gasteiger partial charge in [-0.25, -0.2) is 0 Å². The average molecular weight is 340 g/mol. The number of benzene rings is 2. The molecule has 0 fully saturated rings. The highest BCUT2D eigenvalue weighted by molar-refractivity contribution is 5.85. The van der Waals surface area contributed by atoms with Gasteiger partial charge >= 0.3 is 0 Å². The van der Waals surface area contributed by atoms with E-state index >= 15 is 0 Å². The van der Waals surface area contributed by atoms with Gasteiger partial charge in [0.25, 0.3) is 0 Å². The number of pyridine rings is 2. The van der Waals surface area contributed by atoms with E-state index in [1.165, 1.54) is 33.0 Å². The van der Waals surface area contributed by atoms with Gasteiger partial charge in [0, 0.05) is 23.2 Å². The second kappa shape index (κ2) is 6.87. The van der Waals surface area contributed by atoms with Crippen molar-refractivity contribution >= 4 is 21.8 Å². The lowest BCUT2D eigenvalue weighted by Crippen LogP contribution is -2.01. The van der Waals surface area contributed by atoms with Crippen molar-refractivity contribution in [2.75, 3.05) is 0 Å². The molecule has 0 aliphatic carbocycles. The molecule has 2 nitrogen and oxygen atoms in total. The molecular weight excluding hydrogens is 316 g/mol. The maximum absolute atomic E-state index is 4.62. The Bertz CT molecular complexity index is 1080. The van der Waals surface area contributed by atoms with Crippen LogP contribution in [0.4, 0.5) is 0 Å². The molecule has 2 aromatic heterocycles. The molecule has 4 aromatic rings. The number of nitrogens with zero attached hydrogens (tertiary/aromatic N) is 2. The molecule has 0 spiro atoms. The fraction of sp³-hybridized carbons (Fsp3) is 0.250. The first-order valence-corrected chi connectivity index (χ1v) is 9.37. The Kier molecular flexibility index (Phi) is 4.42. The predicted molar refractivity (Wildman–Crippen MR) is 110 cm³/mol. The van der Waals surface area contributed by atoms with Crippen molar-refractivity contribution in [1.29, 1.82) is 0 Å². The number of aryl methyl sites for hydroxylation is 2. The van der Waals surface area contributed by atoms with Gasteiger partial charge in [0.05, 0.1) is 11.0 Å². The van der Waals surface area contributed by atoms with Crippen molar-refractivity contribution in [2.24, 2.45) is 0 Å². The van der Waals surface area contributed by atoms with E-state index < -0.39 is 0 Å². The fourth-order valence-electron chi connectivity index (χ4n) is 3.78. The lowest BCUT2D eigenvalue weighted by molar-refractivity contribution is 0.760. The van der Waals surface area contributed by atoms with E-state index in [1.807, 2.05) is 18.5 Å². The van der Waals surface area contributed by atoms with Crippen molar-refractivity contribution < 1.29 is 0 Å². The Morgan fingerprint density at radius 3 is 2.69 bits per heavy atom. The summed E-state index contributed by atoms with van der Waals surface area (Å²) in [4.78, 5) is 9.12. The average Bonchev–Trinajstić information content (AvgIpc) is 2.67. The molecule has 0 N–H and O–H groups in total. The lowest BCUT2D eigenvalue weighted by atomic mass is 9.90. The minimum Gasteiger partial charge on any atom is -0.256 e. The maximum Gasteiger partial charge on any atom is 0.0736 e. The third kappa shape index (κ3) is 3.08. The Hall–Kier alpha value is -2.74. The van der Waals surface area contributed by atoms with E-state index in [1.54, 1.807) is 0 Å². The lowest BCUT2D eigenvalue weighted by Gasteiger charge is -2.15. The van der Waals surface area contributed by atoms with E-state index in [4.69, 9.17) is 0 Å². The highest BCUT2D eigenvalue weighted by Crippen LogP contribution is 2.28. The van der Waals surface area contributed by atoms with E-state index in [0.717, 1.165) is 23.9 Å². The summed E-state index contributed by atoms with van der Waals surface area (Å²) in [5.74, 6) is 0.445. The Balaban J connectivity index is 1.70. The third-order valence-electron chi connectivity index (χ3n) is 5.32. The van der Waals surface area contributed by atoms with Crippen LogP contribution in [0, 0.1) is 6.92 Å². The highest BCUT2D eigenvalue weighted by Gasteiger charge is 2.11. The topological polar surface area (TPSA) is 25.8 Å². The van der Waals surface area contributed by atoms with Gasteiger partial charge in [-0.2, -0.15) is 0 Å².